The minimum absolute atomic E-state index is 0.382. The third kappa shape index (κ3) is 2.31. The molecular formula is C15H17N3. The number of benzene rings is 1. The van der Waals surface area contributed by atoms with Crippen molar-refractivity contribution in [1.29, 1.82) is 5.26 Å². The first kappa shape index (κ1) is 11.5. The quantitative estimate of drug-likeness (QED) is 0.798. The van der Waals surface area contributed by atoms with Crippen LogP contribution >= 0.6 is 0 Å². The van der Waals surface area contributed by atoms with Gasteiger partial charge in [0, 0.05) is 37.8 Å². The molecule has 0 aliphatic carbocycles. The van der Waals surface area contributed by atoms with Gasteiger partial charge in [-0.1, -0.05) is 30.3 Å². The minimum atomic E-state index is 0.382. The summed E-state index contributed by atoms with van der Waals surface area (Å²) in [5.41, 5.74) is 2.64. The van der Waals surface area contributed by atoms with Crippen LogP contribution in [0.1, 0.15) is 12.0 Å². The zero-order chi connectivity index (χ0) is 12.4. The first-order chi connectivity index (χ1) is 8.85. The van der Waals surface area contributed by atoms with E-state index < -0.39 is 0 Å². The topological polar surface area (TPSA) is 39.1 Å². The van der Waals surface area contributed by atoms with Crippen molar-refractivity contribution in [1.82, 2.24) is 10.2 Å². The molecule has 0 aromatic heterocycles. The van der Waals surface area contributed by atoms with Crippen molar-refractivity contribution in [3.8, 4) is 6.07 Å². The molecule has 1 aromatic carbocycles. The van der Waals surface area contributed by atoms with Crippen molar-refractivity contribution in [3.05, 3.63) is 47.5 Å². The van der Waals surface area contributed by atoms with E-state index in [1.807, 2.05) is 0 Å². The highest BCUT2D eigenvalue weighted by Crippen LogP contribution is 2.26. The van der Waals surface area contributed by atoms with E-state index in [9.17, 15) is 0 Å². The van der Waals surface area contributed by atoms with E-state index in [2.05, 4.69) is 46.6 Å². The number of piperazine rings is 1. The molecule has 2 aliphatic rings. The molecule has 3 heteroatoms. The van der Waals surface area contributed by atoms with Crippen molar-refractivity contribution < 1.29 is 0 Å². The van der Waals surface area contributed by atoms with Crippen LogP contribution in [0.25, 0.3) is 0 Å². The fourth-order valence-electron chi connectivity index (χ4n) is 3.02. The van der Waals surface area contributed by atoms with Crippen LogP contribution in [0.15, 0.2) is 42.0 Å². The van der Waals surface area contributed by atoms with Crippen LogP contribution in [0.3, 0.4) is 0 Å². The normalized spacial score (nSPS) is 29.4. The van der Waals surface area contributed by atoms with E-state index in [1.165, 1.54) is 11.1 Å². The summed E-state index contributed by atoms with van der Waals surface area (Å²) in [4.78, 5) is 2.49. The number of hydrogen-bond acceptors (Lipinski definition) is 3. The molecule has 0 spiro atoms. The highest BCUT2D eigenvalue weighted by atomic mass is 15.2. The predicted octanol–water partition coefficient (Wildman–Crippen LogP) is 1.68. The lowest BCUT2D eigenvalue weighted by molar-refractivity contribution is 0.192. The van der Waals surface area contributed by atoms with E-state index >= 15 is 0 Å². The SMILES string of the molecule is N#CC=C1CC2CN(Cc3ccccc3)CC1N2. The first-order valence-electron chi connectivity index (χ1n) is 6.46. The van der Waals surface area contributed by atoms with E-state index in [0.29, 0.717) is 12.1 Å². The highest BCUT2D eigenvalue weighted by Gasteiger charge is 2.35. The van der Waals surface area contributed by atoms with Gasteiger partial charge < -0.3 is 5.32 Å². The summed E-state index contributed by atoms with van der Waals surface area (Å²) in [7, 11) is 0. The van der Waals surface area contributed by atoms with Gasteiger partial charge in [-0.3, -0.25) is 4.90 Å². The maximum absolute atomic E-state index is 8.78. The highest BCUT2D eigenvalue weighted by molar-refractivity contribution is 5.27. The van der Waals surface area contributed by atoms with Crippen LogP contribution in [0.5, 0.6) is 0 Å². The van der Waals surface area contributed by atoms with Crippen molar-refractivity contribution in [3.63, 3.8) is 0 Å². The number of rotatable bonds is 2. The minimum Gasteiger partial charge on any atom is -0.305 e. The smallest absolute Gasteiger partial charge is 0.0912 e. The second kappa shape index (κ2) is 4.93. The molecule has 18 heavy (non-hydrogen) atoms. The number of nitrogens with zero attached hydrogens (tertiary/aromatic N) is 2. The molecule has 2 saturated heterocycles. The Kier molecular flexibility index (Phi) is 3.14. The summed E-state index contributed by atoms with van der Waals surface area (Å²) in [6.45, 7) is 3.10. The van der Waals surface area contributed by atoms with Gasteiger partial charge in [0.2, 0.25) is 0 Å². The van der Waals surface area contributed by atoms with Crippen molar-refractivity contribution in [2.45, 2.75) is 25.0 Å². The van der Waals surface area contributed by atoms with Gasteiger partial charge in [0.15, 0.2) is 0 Å². The number of fused-ring (bicyclic) bond motifs is 2. The zero-order valence-corrected chi connectivity index (χ0v) is 10.3. The third-order valence-electron chi connectivity index (χ3n) is 3.78. The molecule has 0 amide bonds. The molecule has 1 N–H and O–H groups in total. The second-order valence-electron chi connectivity index (χ2n) is 5.15. The van der Waals surface area contributed by atoms with Gasteiger partial charge >= 0.3 is 0 Å². The monoisotopic (exact) mass is 239 g/mol. The van der Waals surface area contributed by atoms with Gasteiger partial charge in [-0.2, -0.15) is 5.26 Å². The largest absolute Gasteiger partial charge is 0.305 e. The van der Waals surface area contributed by atoms with Crippen molar-refractivity contribution in [2.24, 2.45) is 0 Å². The zero-order valence-electron chi connectivity index (χ0n) is 10.3. The Morgan fingerprint density at radius 3 is 2.94 bits per heavy atom. The van der Waals surface area contributed by atoms with Gasteiger partial charge in [-0.25, -0.2) is 0 Å². The Labute approximate surface area is 108 Å². The molecule has 92 valence electrons. The average Bonchev–Trinajstić information content (AvgIpc) is 2.66. The lowest BCUT2D eigenvalue weighted by atomic mass is 10.1. The standard InChI is InChI=1S/C15H17N3/c16-7-6-13-8-14-10-18(11-15(13)17-14)9-12-4-2-1-3-5-12/h1-6,14-15,17H,8-11H2. The molecule has 2 unspecified atom stereocenters. The fourth-order valence-corrected chi connectivity index (χ4v) is 3.02. The summed E-state index contributed by atoms with van der Waals surface area (Å²) in [6, 6.07) is 13.7. The molecule has 0 radical (unpaired) electrons. The van der Waals surface area contributed by atoms with Gasteiger partial charge in [0.1, 0.15) is 0 Å². The van der Waals surface area contributed by atoms with E-state index in [4.69, 9.17) is 5.26 Å². The number of likely N-dealkylation sites (tertiary alicyclic amines) is 1. The Bertz CT molecular complexity index is 486. The lowest BCUT2D eigenvalue weighted by Crippen LogP contribution is -2.50. The number of hydrogen-bond donors (Lipinski definition) is 1. The molecule has 1 aromatic rings. The van der Waals surface area contributed by atoms with Crippen LogP contribution in [-0.2, 0) is 6.54 Å². The molecule has 0 saturated carbocycles. The molecule has 2 atom stereocenters. The van der Waals surface area contributed by atoms with E-state index in [1.54, 1.807) is 6.08 Å². The van der Waals surface area contributed by atoms with Crippen LogP contribution in [0.2, 0.25) is 0 Å². The average molecular weight is 239 g/mol. The van der Waals surface area contributed by atoms with Crippen molar-refractivity contribution in [2.75, 3.05) is 13.1 Å². The van der Waals surface area contributed by atoms with Crippen LogP contribution in [0, 0.1) is 11.3 Å². The van der Waals surface area contributed by atoms with Crippen LogP contribution in [0.4, 0.5) is 0 Å². The summed E-state index contributed by atoms with van der Waals surface area (Å²) in [5, 5.41) is 12.4. The molecule has 2 bridgehead atoms. The number of nitriles is 1. The second-order valence-corrected chi connectivity index (χ2v) is 5.15. The number of allylic oxidation sites excluding steroid dienone is 1. The van der Waals surface area contributed by atoms with Gasteiger partial charge in [0.25, 0.3) is 0 Å². The predicted molar refractivity (Wildman–Crippen MR) is 70.7 cm³/mol. The van der Waals surface area contributed by atoms with Gasteiger partial charge in [-0.05, 0) is 17.6 Å². The first-order valence-corrected chi connectivity index (χ1v) is 6.46. The summed E-state index contributed by atoms with van der Waals surface area (Å²) in [5.74, 6) is 0. The lowest BCUT2D eigenvalue weighted by Gasteiger charge is -2.32. The molecule has 3 rings (SSSR count). The van der Waals surface area contributed by atoms with Crippen LogP contribution in [-0.4, -0.2) is 30.1 Å². The Morgan fingerprint density at radius 2 is 2.17 bits per heavy atom. The van der Waals surface area contributed by atoms with E-state index in [0.717, 1.165) is 26.1 Å². The van der Waals surface area contributed by atoms with E-state index in [-0.39, 0.29) is 0 Å². The fraction of sp³-hybridized carbons (Fsp3) is 0.400. The van der Waals surface area contributed by atoms with Crippen molar-refractivity contribution >= 4 is 0 Å². The van der Waals surface area contributed by atoms with Gasteiger partial charge in [-0.15, -0.1) is 0 Å². The Hall–Kier alpha value is -1.63. The molecule has 2 heterocycles. The molecule has 2 aliphatic heterocycles. The molecule has 3 nitrogen and oxygen atoms in total. The Balaban J connectivity index is 1.68. The number of nitrogens with one attached hydrogen (secondary N) is 1. The maximum atomic E-state index is 8.78. The molecule has 2 fully saturated rings. The summed E-state index contributed by atoms with van der Waals surface area (Å²) >= 11 is 0. The van der Waals surface area contributed by atoms with Crippen LogP contribution < -0.4 is 5.32 Å². The summed E-state index contributed by atoms with van der Waals surface area (Å²) in [6.07, 6.45) is 2.76. The third-order valence-corrected chi connectivity index (χ3v) is 3.78. The summed E-state index contributed by atoms with van der Waals surface area (Å²) < 4.78 is 0. The maximum Gasteiger partial charge on any atom is 0.0912 e. The molecular weight excluding hydrogens is 222 g/mol. The van der Waals surface area contributed by atoms with Gasteiger partial charge in [0.05, 0.1) is 6.07 Å². The Morgan fingerprint density at radius 1 is 1.33 bits per heavy atom.